The fraction of sp³-hybridized carbons (Fsp3) is 0.286. The van der Waals surface area contributed by atoms with E-state index in [4.69, 9.17) is 5.26 Å². The molecule has 18 heavy (non-hydrogen) atoms. The second kappa shape index (κ2) is 4.92. The van der Waals surface area contributed by atoms with E-state index in [0.29, 0.717) is 5.56 Å². The van der Waals surface area contributed by atoms with E-state index in [1.807, 2.05) is 50.0 Å². The lowest BCUT2D eigenvalue weighted by Gasteiger charge is -2.09. The molecule has 0 aliphatic heterocycles. The fourth-order valence-electron chi connectivity index (χ4n) is 1.79. The summed E-state index contributed by atoms with van der Waals surface area (Å²) in [6, 6.07) is 7.81. The molecular formula is C14H16N4. The van der Waals surface area contributed by atoms with Crippen LogP contribution in [0.25, 0.3) is 0 Å². The van der Waals surface area contributed by atoms with Crippen LogP contribution < -0.4 is 5.32 Å². The van der Waals surface area contributed by atoms with Crippen molar-refractivity contribution in [3.8, 4) is 6.07 Å². The fourth-order valence-corrected chi connectivity index (χ4v) is 1.79. The third-order valence-electron chi connectivity index (χ3n) is 3.17. The smallest absolute Gasteiger partial charge is 0.0992 e. The first-order valence-electron chi connectivity index (χ1n) is 5.84. The summed E-state index contributed by atoms with van der Waals surface area (Å²) in [7, 11) is 1.93. The normalized spacial score (nSPS) is 10.1. The van der Waals surface area contributed by atoms with Crippen molar-refractivity contribution < 1.29 is 0 Å². The van der Waals surface area contributed by atoms with E-state index in [1.54, 1.807) is 0 Å². The Labute approximate surface area is 107 Å². The van der Waals surface area contributed by atoms with Gasteiger partial charge in [0.1, 0.15) is 0 Å². The van der Waals surface area contributed by atoms with Crippen molar-refractivity contribution in [2.24, 2.45) is 7.05 Å². The number of rotatable bonds is 3. The van der Waals surface area contributed by atoms with E-state index in [0.717, 1.165) is 23.5 Å². The SMILES string of the molecule is Cc1ccc(C#N)cc1NCc1cnn(C)c1C. The van der Waals surface area contributed by atoms with Gasteiger partial charge in [-0.2, -0.15) is 10.4 Å². The van der Waals surface area contributed by atoms with Gasteiger partial charge in [0, 0.05) is 30.5 Å². The van der Waals surface area contributed by atoms with E-state index in [1.165, 1.54) is 5.56 Å². The molecule has 92 valence electrons. The van der Waals surface area contributed by atoms with Gasteiger partial charge in [-0.1, -0.05) is 6.07 Å². The number of nitriles is 1. The first-order valence-corrected chi connectivity index (χ1v) is 5.84. The summed E-state index contributed by atoms with van der Waals surface area (Å²) in [5, 5.41) is 16.5. The Morgan fingerprint density at radius 2 is 2.17 bits per heavy atom. The molecule has 0 atom stereocenters. The molecule has 0 unspecified atom stereocenters. The average Bonchev–Trinajstić information content (AvgIpc) is 2.69. The molecule has 4 nitrogen and oxygen atoms in total. The maximum atomic E-state index is 8.89. The van der Waals surface area contributed by atoms with Crippen LogP contribution in [-0.2, 0) is 13.6 Å². The molecule has 0 radical (unpaired) electrons. The number of nitrogens with zero attached hydrogens (tertiary/aromatic N) is 3. The summed E-state index contributed by atoms with van der Waals surface area (Å²) in [5.74, 6) is 0. The van der Waals surface area contributed by atoms with Crippen LogP contribution in [0.5, 0.6) is 0 Å². The van der Waals surface area contributed by atoms with Crippen molar-refractivity contribution in [3.63, 3.8) is 0 Å². The van der Waals surface area contributed by atoms with Crippen molar-refractivity contribution in [2.45, 2.75) is 20.4 Å². The minimum atomic E-state index is 0.672. The molecule has 0 aliphatic rings. The number of benzene rings is 1. The zero-order chi connectivity index (χ0) is 13.1. The molecule has 0 fully saturated rings. The van der Waals surface area contributed by atoms with Crippen molar-refractivity contribution in [1.82, 2.24) is 9.78 Å². The van der Waals surface area contributed by atoms with Gasteiger partial charge in [0.05, 0.1) is 17.8 Å². The quantitative estimate of drug-likeness (QED) is 0.896. The lowest BCUT2D eigenvalue weighted by atomic mass is 10.1. The topological polar surface area (TPSA) is 53.6 Å². The monoisotopic (exact) mass is 240 g/mol. The van der Waals surface area contributed by atoms with Gasteiger partial charge >= 0.3 is 0 Å². The van der Waals surface area contributed by atoms with Crippen LogP contribution in [0.2, 0.25) is 0 Å². The molecule has 0 saturated carbocycles. The van der Waals surface area contributed by atoms with Gasteiger partial charge in [-0.05, 0) is 31.5 Å². The molecule has 4 heteroatoms. The predicted octanol–water partition coefficient (Wildman–Crippen LogP) is 2.52. The molecule has 0 saturated heterocycles. The van der Waals surface area contributed by atoms with Gasteiger partial charge in [-0.3, -0.25) is 4.68 Å². The summed E-state index contributed by atoms with van der Waals surface area (Å²) in [4.78, 5) is 0. The van der Waals surface area contributed by atoms with Crippen molar-refractivity contribution in [2.75, 3.05) is 5.32 Å². The van der Waals surface area contributed by atoms with E-state index in [2.05, 4.69) is 16.5 Å². The zero-order valence-corrected chi connectivity index (χ0v) is 10.9. The van der Waals surface area contributed by atoms with Crippen LogP contribution in [-0.4, -0.2) is 9.78 Å². The van der Waals surface area contributed by atoms with Gasteiger partial charge in [0.2, 0.25) is 0 Å². The highest BCUT2D eigenvalue weighted by molar-refractivity contribution is 5.55. The Balaban J connectivity index is 2.15. The highest BCUT2D eigenvalue weighted by Crippen LogP contribution is 2.18. The van der Waals surface area contributed by atoms with Gasteiger partial charge in [0.15, 0.2) is 0 Å². The van der Waals surface area contributed by atoms with E-state index >= 15 is 0 Å². The van der Waals surface area contributed by atoms with Gasteiger partial charge in [-0.25, -0.2) is 0 Å². The second-order valence-corrected chi connectivity index (χ2v) is 4.37. The lowest BCUT2D eigenvalue weighted by molar-refractivity contribution is 0.738. The molecule has 1 aromatic heterocycles. The standard InChI is InChI=1S/C14H16N4/c1-10-4-5-12(7-15)6-14(10)16-8-13-9-17-18(3)11(13)2/h4-6,9,16H,8H2,1-3H3. The van der Waals surface area contributed by atoms with Crippen LogP contribution in [0.1, 0.15) is 22.4 Å². The van der Waals surface area contributed by atoms with Crippen LogP contribution in [0.4, 0.5) is 5.69 Å². The number of hydrogen-bond donors (Lipinski definition) is 1. The van der Waals surface area contributed by atoms with Crippen LogP contribution in [0.3, 0.4) is 0 Å². The Morgan fingerprint density at radius 1 is 1.39 bits per heavy atom. The van der Waals surface area contributed by atoms with Gasteiger partial charge < -0.3 is 5.32 Å². The third kappa shape index (κ3) is 2.35. The third-order valence-corrected chi connectivity index (χ3v) is 3.17. The van der Waals surface area contributed by atoms with Crippen molar-refractivity contribution in [1.29, 1.82) is 5.26 Å². The van der Waals surface area contributed by atoms with E-state index in [-0.39, 0.29) is 0 Å². The maximum Gasteiger partial charge on any atom is 0.0992 e. The first kappa shape index (κ1) is 12.2. The molecule has 1 heterocycles. The minimum absolute atomic E-state index is 0.672. The average molecular weight is 240 g/mol. The second-order valence-electron chi connectivity index (χ2n) is 4.37. The molecular weight excluding hydrogens is 224 g/mol. The summed E-state index contributed by atoms with van der Waals surface area (Å²) in [6.07, 6.45) is 1.87. The van der Waals surface area contributed by atoms with Crippen LogP contribution in [0, 0.1) is 25.2 Å². The number of nitrogens with one attached hydrogen (secondary N) is 1. The first-order chi connectivity index (χ1) is 8.61. The minimum Gasteiger partial charge on any atom is -0.381 e. The van der Waals surface area contributed by atoms with E-state index in [9.17, 15) is 0 Å². The van der Waals surface area contributed by atoms with Gasteiger partial charge in [-0.15, -0.1) is 0 Å². The molecule has 2 aromatic rings. The number of aryl methyl sites for hydroxylation is 2. The molecule has 1 N–H and O–H groups in total. The molecule has 0 bridgehead atoms. The van der Waals surface area contributed by atoms with Crippen LogP contribution >= 0.6 is 0 Å². The highest BCUT2D eigenvalue weighted by atomic mass is 15.3. The predicted molar refractivity (Wildman–Crippen MR) is 71.2 cm³/mol. The highest BCUT2D eigenvalue weighted by Gasteiger charge is 2.05. The Kier molecular flexibility index (Phi) is 3.33. The summed E-state index contributed by atoms with van der Waals surface area (Å²) < 4.78 is 1.86. The summed E-state index contributed by atoms with van der Waals surface area (Å²) in [5.41, 5.74) is 5.12. The van der Waals surface area contributed by atoms with E-state index < -0.39 is 0 Å². The molecule has 0 amide bonds. The molecule has 1 aromatic carbocycles. The number of aromatic nitrogens is 2. The van der Waals surface area contributed by atoms with Gasteiger partial charge in [0.25, 0.3) is 0 Å². The summed E-state index contributed by atoms with van der Waals surface area (Å²) >= 11 is 0. The Bertz CT molecular complexity index is 605. The van der Waals surface area contributed by atoms with Crippen molar-refractivity contribution in [3.05, 3.63) is 46.8 Å². The molecule has 0 spiro atoms. The number of hydrogen-bond acceptors (Lipinski definition) is 3. The Morgan fingerprint density at radius 3 is 2.78 bits per heavy atom. The molecule has 0 aliphatic carbocycles. The largest absolute Gasteiger partial charge is 0.381 e. The maximum absolute atomic E-state index is 8.89. The number of anilines is 1. The Hall–Kier alpha value is -2.28. The summed E-state index contributed by atoms with van der Waals surface area (Å²) in [6.45, 7) is 4.79. The lowest BCUT2D eigenvalue weighted by Crippen LogP contribution is -2.03. The van der Waals surface area contributed by atoms with Crippen molar-refractivity contribution >= 4 is 5.69 Å². The molecule has 2 rings (SSSR count). The van der Waals surface area contributed by atoms with Crippen LogP contribution in [0.15, 0.2) is 24.4 Å². The zero-order valence-electron chi connectivity index (χ0n) is 10.9.